The van der Waals surface area contributed by atoms with Gasteiger partial charge in [-0.15, -0.1) is 0 Å². The number of nitrogens with two attached hydrogens (primary N) is 1. The van der Waals surface area contributed by atoms with Gasteiger partial charge < -0.3 is 5.73 Å². The molecule has 90 valence electrons. The molecule has 0 aliphatic rings. The molecule has 1 unspecified atom stereocenters. The Labute approximate surface area is 114 Å². The topological polar surface area (TPSA) is 43.8 Å². The van der Waals surface area contributed by atoms with Gasteiger partial charge in [-0.2, -0.15) is 5.10 Å². The summed E-state index contributed by atoms with van der Waals surface area (Å²) in [5.41, 5.74) is 6.98. The Hall–Kier alpha value is -0.780. The van der Waals surface area contributed by atoms with Crippen LogP contribution < -0.4 is 5.73 Å². The first kappa shape index (κ1) is 12.7. The maximum atomic E-state index is 5.85. The van der Waals surface area contributed by atoms with Crippen molar-refractivity contribution in [2.24, 2.45) is 12.8 Å². The summed E-state index contributed by atoms with van der Waals surface area (Å²) in [6.45, 7) is 1.98. The van der Waals surface area contributed by atoms with E-state index in [0.717, 1.165) is 14.9 Å². The fraction of sp³-hybridized carbons (Fsp3) is 0.250. The highest BCUT2D eigenvalue weighted by Gasteiger charge is 2.07. The van der Waals surface area contributed by atoms with Crippen LogP contribution in [0.1, 0.15) is 18.5 Å². The Kier molecular flexibility index (Phi) is 3.91. The molecule has 2 rings (SSSR count). The Morgan fingerprint density at radius 3 is 2.76 bits per heavy atom. The van der Waals surface area contributed by atoms with Gasteiger partial charge in [0.1, 0.15) is 0 Å². The molecule has 1 atom stereocenters. The fourth-order valence-electron chi connectivity index (χ4n) is 1.46. The van der Waals surface area contributed by atoms with Crippen LogP contribution in [0.4, 0.5) is 0 Å². The minimum atomic E-state index is 0.0590. The summed E-state index contributed by atoms with van der Waals surface area (Å²) >= 11 is 5.26. The molecule has 5 heteroatoms. The van der Waals surface area contributed by atoms with E-state index >= 15 is 0 Å². The van der Waals surface area contributed by atoms with Gasteiger partial charge in [0.2, 0.25) is 0 Å². The Bertz CT molecular complexity index is 522. The second-order valence-electron chi connectivity index (χ2n) is 3.93. The van der Waals surface area contributed by atoms with E-state index in [4.69, 9.17) is 5.73 Å². The van der Waals surface area contributed by atoms with E-state index < -0.39 is 0 Å². The number of benzene rings is 1. The van der Waals surface area contributed by atoms with Gasteiger partial charge in [0.05, 0.1) is 11.1 Å². The van der Waals surface area contributed by atoms with Crippen molar-refractivity contribution >= 4 is 27.7 Å². The first-order valence-corrected chi connectivity index (χ1v) is 6.89. The Morgan fingerprint density at radius 1 is 1.47 bits per heavy atom. The molecule has 1 aromatic carbocycles. The van der Waals surface area contributed by atoms with Crippen LogP contribution in [-0.2, 0) is 7.05 Å². The number of aromatic nitrogens is 2. The van der Waals surface area contributed by atoms with Crippen molar-refractivity contribution in [2.75, 3.05) is 0 Å². The van der Waals surface area contributed by atoms with Crippen LogP contribution in [-0.4, -0.2) is 9.78 Å². The lowest BCUT2D eigenvalue weighted by molar-refractivity contribution is 0.766. The number of halogens is 1. The number of rotatable bonds is 3. The lowest BCUT2D eigenvalue weighted by Crippen LogP contribution is -2.04. The van der Waals surface area contributed by atoms with Gasteiger partial charge in [-0.25, -0.2) is 0 Å². The zero-order valence-electron chi connectivity index (χ0n) is 9.72. The van der Waals surface area contributed by atoms with Crippen molar-refractivity contribution in [1.82, 2.24) is 9.78 Å². The zero-order valence-corrected chi connectivity index (χ0v) is 12.1. The van der Waals surface area contributed by atoms with E-state index in [1.165, 1.54) is 4.90 Å². The van der Waals surface area contributed by atoms with Gasteiger partial charge in [-0.05, 0) is 40.5 Å². The predicted octanol–water partition coefficient (Wildman–Crippen LogP) is 3.35. The third-order valence-corrected chi connectivity index (χ3v) is 4.33. The molecule has 2 aromatic rings. The number of hydrogen-bond donors (Lipinski definition) is 1. The smallest absolute Gasteiger partial charge is 0.0629 e. The summed E-state index contributed by atoms with van der Waals surface area (Å²) in [6.07, 6.45) is 3.85. The molecular formula is C12H14BrN3S. The molecule has 0 saturated carbocycles. The van der Waals surface area contributed by atoms with Crippen molar-refractivity contribution < 1.29 is 0 Å². The normalized spacial score (nSPS) is 12.7. The second kappa shape index (κ2) is 5.25. The average molecular weight is 312 g/mol. The summed E-state index contributed by atoms with van der Waals surface area (Å²) in [5.74, 6) is 0. The molecule has 1 aromatic heterocycles. The zero-order chi connectivity index (χ0) is 12.4. The number of nitrogens with zero attached hydrogens (tertiary/aromatic N) is 2. The minimum Gasteiger partial charge on any atom is -0.324 e. The highest BCUT2D eigenvalue weighted by atomic mass is 79.9. The highest BCUT2D eigenvalue weighted by Crippen LogP contribution is 2.34. The molecule has 0 amide bonds. The summed E-state index contributed by atoms with van der Waals surface area (Å²) in [7, 11) is 1.91. The van der Waals surface area contributed by atoms with Gasteiger partial charge in [0.15, 0.2) is 0 Å². The molecule has 17 heavy (non-hydrogen) atoms. The molecule has 0 aliphatic carbocycles. The average Bonchev–Trinajstić information content (AvgIpc) is 2.67. The molecule has 0 bridgehead atoms. The van der Waals surface area contributed by atoms with Crippen LogP contribution in [0.15, 0.2) is 44.9 Å². The van der Waals surface area contributed by atoms with E-state index in [0.29, 0.717) is 0 Å². The molecule has 3 nitrogen and oxygen atoms in total. The molecule has 0 spiro atoms. The molecular weight excluding hydrogens is 298 g/mol. The Balaban J connectivity index is 2.22. The third kappa shape index (κ3) is 3.12. The van der Waals surface area contributed by atoms with E-state index in [1.54, 1.807) is 16.4 Å². The van der Waals surface area contributed by atoms with Crippen LogP contribution in [0.5, 0.6) is 0 Å². The maximum absolute atomic E-state index is 5.85. The summed E-state index contributed by atoms with van der Waals surface area (Å²) in [5, 5.41) is 4.15. The first-order valence-electron chi connectivity index (χ1n) is 5.28. The van der Waals surface area contributed by atoms with Crippen LogP contribution in [0.2, 0.25) is 0 Å². The van der Waals surface area contributed by atoms with Crippen molar-refractivity contribution in [1.29, 1.82) is 0 Å². The molecule has 0 radical (unpaired) electrons. The van der Waals surface area contributed by atoms with Crippen molar-refractivity contribution in [3.05, 3.63) is 40.6 Å². The summed E-state index contributed by atoms with van der Waals surface area (Å²) in [4.78, 5) is 2.30. The summed E-state index contributed by atoms with van der Waals surface area (Å²) in [6, 6.07) is 6.28. The largest absolute Gasteiger partial charge is 0.324 e. The number of aryl methyl sites for hydroxylation is 1. The van der Waals surface area contributed by atoms with Crippen LogP contribution in [0, 0.1) is 0 Å². The van der Waals surface area contributed by atoms with Gasteiger partial charge in [-0.1, -0.05) is 17.8 Å². The lowest BCUT2D eigenvalue weighted by atomic mass is 10.1. The minimum absolute atomic E-state index is 0.0590. The van der Waals surface area contributed by atoms with Crippen molar-refractivity contribution in [2.45, 2.75) is 22.8 Å². The maximum Gasteiger partial charge on any atom is 0.0629 e. The lowest BCUT2D eigenvalue weighted by Gasteiger charge is -2.08. The number of hydrogen-bond acceptors (Lipinski definition) is 3. The van der Waals surface area contributed by atoms with Crippen LogP contribution >= 0.6 is 27.7 Å². The molecule has 0 aliphatic heterocycles. The van der Waals surface area contributed by atoms with Gasteiger partial charge >= 0.3 is 0 Å². The molecule has 0 saturated heterocycles. The molecule has 0 fully saturated rings. The standard InChI is InChI=1S/C12H14BrN3S/c1-8(14)9-3-4-12(11(13)5-9)17-10-6-15-16(2)7-10/h3-8H,14H2,1-2H3. The Morgan fingerprint density at radius 2 is 2.24 bits per heavy atom. The van der Waals surface area contributed by atoms with Gasteiger partial charge in [-0.3, -0.25) is 4.68 Å². The van der Waals surface area contributed by atoms with Gasteiger partial charge in [0.25, 0.3) is 0 Å². The van der Waals surface area contributed by atoms with Gasteiger partial charge in [0, 0.05) is 28.7 Å². The molecule has 1 heterocycles. The third-order valence-electron chi connectivity index (χ3n) is 2.39. The van der Waals surface area contributed by atoms with E-state index in [-0.39, 0.29) is 6.04 Å². The monoisotopic (exact) mass is 311 g/mol. The fourth-order valence-corrected chi connectivity index (χ4v) is 2.95. The van der Waals surface area contributed by atoms with Crippen molar-refractivity contribution in [3.8, 4) is 0 Å². The van der Waals surface area contributed by atoms with E-state index in [1.807, 2.05) is 26.4 Å². The SMILES string of the molecule is CC(N)c1ccc(Sc2cnn(C)c2)c(Br)c1. The van der Waals surface area contributed by atoms with Crippen molar-refractivity contribution in [3.63, 3.8) is 0 Å². The van der Waals surface area contributed by atoms with E-state index in [9.17, 15) is 0 Å². The molecule has 2 N–H and O–H groups in total. The second-order valence-corrected chi connectivity index (χ2v) is 5.90. The quantitative estimate of drug-likeness (QED) is 0.945. The predicted molar refractivity (Wildman–Crippen MR) is 74.1 cm³/mol. The first-order chi connectivity index (χ1) is 8.06. The summed E-state index contributed by atoms with van der Waals surface area (Å²) < 4.78 is 2.87. The van der Waals surface area contributed by atoms with E-state index in [2.05, 4.69) is 39.2 Å². The highest BCUT2D eigenvalue weighted by molar-refractivity contribution is 9.10. The van der Waals surface area contributed by atoms with Crippen LogP contribution in [0.25, 0.3) is 0 Å². The van der Waals surface area contributed by atoms with Crippen LogP contribution in [0.3, 0.4) is 0 Å².